The van der Waals surface area contributed by atoms with Crippen LogP contribution in [0.15, 0.2) is 76.4 Å². The second kappa shape index (κ2) is 8.49. The fourth-order valence-electron chi connectivity index (χ4n) is 3.43. The smallest absolute Gasteiger partial charge is 0.294 e. The molecule has 0 aliphatic carbocycles. The van der Waals surface area contributed by atoms with Crippen LogP contribution in [-0.4, -0.2) is 13.0 Å². The van der Waals surface area contributed by atoms with Crippen LogP contribution < -0.4 is 9.60 Å². The van der Waals surface area contributed by atoms with Crippen LogP contribution in [0.4, 0.5) is 5.69 Å². The lowest BCUT2D eigenvalue weighted by Gasteiger charge is -2.15. The number of para-hydroxylation sites is 1. The molecule has 1 heterocycles. The molecule has 160 valence electrons. The summed E-state index contributed by atoms with van der Waals surface area (Å²) in [4.78, 5) is 12.6. The molecule has 0 saturated heterocycles. The van der Waals surface area contributed by atoms with Crippen molar-refractivity contribution in [3.8, 4) is 0 Å². The zero-order valence-electron chi connectivity index (χ0n) is 17.0. The van der Waals surface area contributed by atoms with Gasteiger partial charge in [0, 0.05) is 5.02 Å². The summed E-state index contributed by atoms with van der Waals surface area (Å²) in [7, 11) is -3.80. The van der Waals surface area contributed by atoms with Crippen molar-refractivity contribution in [1.82, 2.24) is 4.57 Å². The molecule has 8 heteroatoms. The van der Waals surface area contributed by atoms with Crippen LogP contribution >= 0.6 is 22.9 Å². The Hall–Kier alpha value is -2.61. The van der Waals surface area contributed by atoms with Crippen molar-refractivity contribution < 1.29 is 8.42 Å². The molecule has 1 N–H and O–H groups in total. The molecular formula is C23H21ClN2O3S2. The summed E-state index contributed by atoms with van der Waals surface area (Å²) >= 11 is 6.97. The monoisotopic (exact) mass is 472 g/mol. The van der Waals surface area contributed by atoms with Gasteiger partial charge in [-0.05, 0) is 53.4 Å². The number of nitrogens with one attached hydrogen (secondary N) is 1. The predicted octanol–water partition coefficient (Wildman–Crippen LogP) is 5.69. The third kappa shape index (κ3) is 4.54. The van der Waals surface area contributed by atoms with Gasteiger partial charge >= 0.3 is 4.87 Å². The standard InChI is InChI=1S/C23H21ClN2O3S2/c1-15(2)19-5-3-4-6-20(19)25-31(28,29)18-11-12-21-22(13-18)30-23(27)26(21)14-16-7-9-17(24)10-8-16/h3-13,15,25H,14H2,1-2H3. The molecule has 5 nitrogen and oxygen atoms in total. The van der Waals surface area contributed by atoms with Crippen molar-refractivity contribution in [2.24, 2.45) is 0 Å². The van der Waals surface area contributed by atoms with Crippen molar-refractivity contribution in [2.75, 3.05) is 4.72 Å². The molecule has 1 aromatic heterocycles. The number of hydrogen-bond donors (Lipinski definition) is 1. The third-order valence-electron chi connectivity index (χ3n) is 5.03. The van der Waals surface area contributed by atoms with Gasteiger partial charge in [-0.2, -0.15) is 0 Å². The van der Waals surface area contributed by atoms with E-state index in [2.05, 4.69) is 4.72 Å². The number of nitrogens with zero attached hydrogens (tertiary/aromatic N) is 1. The molecule has 0 atom stereocenters. The first kappa shape index (κ1) is 21.6. The van der Waals surface area contributed by atoms with E-state index in [0.29, 0.717) is 27.5 Å². The molecule has 0 amide bonds. The molecule has 4 rings (SSSR count). The minimum atomic E-state index is -3.80. The minimum Gasteiger partial charge on any atom is -0.294 e. The second-order valence-electron chi connectivity index (χ2n) is 7.56. The van der Waals surface area contributed by atoms with Gasteiger partial charge in [-0.3, -0.25) is 14.1 Å². The average Bonchev–Trinajstić information content (AvgIpc) is 3.04. The van der Waals surface area contributed by atoms with Crippen LogP contribution in [0.25, 0.3) is 10.2 Å². The Morgan fingerprint density at radius 3 is 2.45 bits per heavy atom. The number of sulfonamides is 1. The Kier molecular flexibility index (Phi) is 5.92. The number of benzene rings is 3. The van der Waals surface area contributed by atoms with Gasteiger partial charge in [0.05, 0.1) is 27.3 Å². The Morgan fingerprint density at radius 2 is 1.74 bits per heavy atom. The predicted molar refractivity (Wildman–Crippen MR) is 128 cm³/mol. The van der Waals surface area contributed by atoms with E-state index in [1.165, 1.54) is 6.07 Å². The molecule has 4 aromatic rings. The fraction of sp³-hybridized carbons (Fsp3) is 0.174. The van der Waals surface area contributed by atoms with Crippen molar-refractivity contribution in [2.45, 2.75) is 31.2 Å². The summed E-state index contributed by atoms with van der Waals surface area (Å²) < 4.78 is 31.0. The Balaban J connectivity index is 1.68. The molecule has 0 aliphatic rings. The number of thiazole rings is 1. The van der Waals surface area contributed by atoms with E-state index in [9.17, 15) is 13.2 Å². The Bertz CT molecular complexity index is 1410. The highest BCUT2D eigenvalue weighted by molar-refractivity contribution is 7.92. The molecule has 0 radical (unpaired) electrons. The van der Waals surface area contributed by atoms with E-state index >= 15 is 0 Å². The molecule has 0 spiro atoms. The summed E-state index contributed by atoms with van der Waals surface area (Å²) in [6.45, 7) is 4.42. The first-order valence-electron chi connectivity index (χ1n) is 9.74. The SMILES string of the molecule is CC(C)c1ccccc1NS(=O)(=O)c1ccc2c(c1)sc(=O)n2Cc1ccc(Cl)cc1. The van der Waals surface area contributed by atoms with Gasteiger partial charge in [-0.15, -0.1) is 0 Å². The van der Waals surface area contributed by atoms with Crippen molar-refractivity contribution in [3.63, 3.8) is 0 Å². The zero-order chi connectivity index (χ0) is 22.2. The molecule has 31 heavy (non-hydrogen) atoms. The van der Waals surface area contributed by atoms with Gasteiger partial charge in [-0.25, -0.2) is 8.42 Å². The Labute approximate surface area is 190 Å². The summed E-state index contributed by atoms with van der Waals surface area (Å²) in [6.07, 6.45) is 0. The van der Waals surface area contributed by atoms with E-state index in [1.54, 1.807) is 41.0 Å². The first-order chi connectivity index (χ1) is 14.7. The number of rotatable bonds is 6. The lowest BCUT2D eigenvalue weighted by molar-refractivity contribution is 0.601. The van der Waals surface area contributed by atoms with Gasteiger partial charge < -0.3 is 0 Å². The molecule has 0 aliphatic heterocycles. The van der Waals surface area contributed by atoms with Crippen molar-refractivity contribution in [3.05, 3.63) is 92.5 Å². The quantitative estimate of drug-likeness (QED) is 0.392. The molecule has 0 fully saturated rings. The van der Waals surface area contributed by atoms with Crippen LogP contribution in [0.5, 0.6) is 0 Å². The number of fused-ring (bicyclic) bond motifs is 1. The molecular weight excluding hydrogens is 452 g/mol. The minimum absolute atomic E-state index is 0.124. The summed E-state index contributed by atoms with van der Waals surface area (Å²) in [5.41, 5.74) is 3.12. The number of aromatic nitrogens is 1. The largest absolute Gasteiger partial charge is 0.308 e. The lowest BCUT2D eigenvalue weighted by atomic mass is 10.0. The molecule has 0 bridgehead atoms. The number of hydrogen-bond acceptors (Lipinski definition) is 4. The van der Waals surface area contributed by atoms with E-state index in [-0.39, 0.29) is 15.7 Å². The van der Waals surface area contributed by atoms with Crippen molar-refractivity contribution >= 4 is 48.9 Å². The molecule has 3 aromatic carbocycles. The highest BCUT2D eigenvalue weighted by atomic mass is 35.5. The summed E-state index contributed by atoms with van der Waals surface area (Å²) in [5, 5.41) is 0.632. The topological polar surface area (TPSA) is 68.2 Å². The van der Waals surface area contributed by atoms with E-state index < -0.39 is 10.0 Å². The molecule has 0 unspecified atom stereocenters. The third-order valence-corrected chi connectivity index (χ3v) is 7.59. The summed E-state index contributed by atoms with van der Waals surface area (Å²) in [6, 6.07) is 19.4. The van der Waals surface area contributed by atoms with Gasteiger partial charge in [-0.1, -0.05) is 67.1 Å². The maximum Gasteiger partial charge on any atom is 0.308 e. The first-order valence-corrected chi connectivity index (χ1v) is 12.4. The fourth-order valence-corrected chi connectivity index (χ4v) is 5.68. The van der Waals surface area contributed by atoms with Crippen LogP contribution in [0.2, 0.25) is 5.02 Å². The maximum atomic E-state index is 13.0. The van der Waals surface area contributed by atoms with Crippen molar-refractivity contribution in [1.29, 1.82) is 0 Å². The average molecular weight is 473 g/mol. The van der Waals surface area contributed by atoms with Gasteiger partial charge in [0.2, 0.25) is 0 Å². The van der Waals surface area contributed by atoms with E-state index in [1.807, 2.05) is 38.1 Å². The zero-order valence-corrected chi connectivity index (χ0v) is 19.4. The second-order valence-corrected chi connectivity index (χ2v) is 10.7. The van der Waals surface area contributed by atoms with Gasteiger partial charge in [0.25, 0.3) is 10.0 Å². The van der Waals surface area contributed by atoms with E-state index in [0.717, 1.165) is 22.5 Å². The van der Waals surface area contributed by atoms with E-state index in [4.69, 9.17) is 11.6 Å². The van der Waals surface area contributed by atoms with Crippen LogP contribution in [-0.2, 0) is 16.6 Å². The normalized spacial score (nSPS) is 11.9. The highest BCUT2D eigenvalue weighted by Gasteiger charge is 2.19. The van der Waals surface area contributed by atoms with Gasteiger partial charge in [0.15, 0.2) is 0 Å². The van der Waals surface area contributed by atoms with Crippen LogP contribution in [0, 0.1) is 0 Å². The lowest BCUT2D eigenvalue weighted by Crippen LogP contribution is -2.15. The number of anilines is 1. The summed E-state index contributed by atoms with van der Waals surface area (Å²) in [5.74, 6) is 0.175. The van der Waals surface area contributed by atoms with Crippen LogP contribution in [0.1, 0.15) is 30.9 Å². The van der Waals surface area contributed by atoms with Crippen LogP contribution in [0.3, 0.4) is 0 Å². The number of halogens is 1. The maximum absolute atomic E-state index is 13.0. The molecule has 0 saturated carbocycles. The van der Waals surface area contributed by atoms with Gasteiger partial charge in [0.1, 0.15) is 0 Å². The Morgan fingerprint density at radius 1 is 1.03 bits per heavy atom. The highest BCUT2D eigenvalue weighted by Crippen LogP contribution is 2.28.